The predicted octanol–water partition coefficient (Wildman–Crippen LogP) is 5.27. The summed E-state index contributed by atoms with van der Waals surface area (Å²) in [5.41, 5.74) is 2.60. The van der Waals surface area contributed by atoms with Crippen LogP contribution in [0.5, 0.6) is 5.75 Å². The van der Waals surface area contributed by atoms with Crippen LogP contribution in [-0.4, -0.2) is 25.6 Å². The van der Waals surface area contributed by atoms with Crippen LogP contribution in [0.3, 0.4) is 0 Å². The number of methoxy groups -OCH3 is 1. The molecule has 0 aliphatic heterocycles. The molecule has 0 spiro atoms. The van der Waals surface area contributed by atoms with E-state index in [0.29, 0.717) is 28.8 Å². The molecule has 1 aromatic heterocycles. The van der Waals surface area contributed by atoms with Crippen LogP contribution in [0.25, 0.3) is 0 Å². The number of benzene rings is 1. The normalized spacial score (nSPS) is 16.0. The molecule has 1 N–H and O–H groups in total. The summed E-state index contributed by atoms with van der Waals surface area (Å²) in [5.74, 6) is 0.709. The number of ether oxygens (including phenoxy) is 2. The van der Waals surface area contributed by atoms with Crippen LogP contribution in [0, 0.1) is 11.3 Å². The number of amides is 1. The van der Waals surface area contributed by atoms with Crippen molar-refractivity contribution < 1.29 is 19.1 Å². The lowest BCUT2D eigenvalue weighted by molar-refractivity contribution is -0.115. The zero-order valence-corrected chi connectivity index (χ0v) is 19.3. The van der Waals surface area contributed by atoms with Crippen molar-refractivity contribution in [2.75, 3.05) is 19.0 Å². The second-order valence-corrected chi connectivity index (χ2v) is 9.88. The highest BCUT2D eigenvalue weighted by Gasteiger charge is 2.34. The fourth-order valence-electron chi connectivity index (χ4n) is 4.03. The third-order valence-electron chi connectivity index (χ3n) is 5.77. The first kappa shape index (κ1) is 22.3. The van der Waals surface area contributed by atoms with E-state index in [1.54, 1.807) is 14.0 Å². The number of rotatable bonds is 6. The highest BCUT2D eigenvalue weighted by atomic mass is 32.1. The number of thiophene rings is 1. The van der Waals surface area contributed by atoms with Crippen LogP contribution >= 0.6 is 11.3 Å². The third kappa shape index (κ3) is 4.86. The Balaban J connectivity index is 1.87. The first-order chi connectivity index (χ1) is 14.2. The van der Waals surface area contributed by atoms with Crippen molar-refractivity contribution in [1.29, 1.82) is 0 Å². The van der Waals surface area contributed by atoms with Gasteiger partial charge in [-0.05, 0) is 49.1 Å². The van der Waals surface area contributed by atoms with Gasteiger partial charge in [-0.3, -0.25) is 4.79 Å². The van der Waals surface area contributed by atoms with Crippen LogP contribution in [0.4, 0.5) is 5.00 Å². The Morgan fingerprint density at radius 2 is 1.97 bits per heavy atom. The second-order valence-electron chi connectivity index (χ2n) is 8.77. The Kier molecular flexibility index (Phi) is 6.86. The van der Waals surface area contributed by atoms with E-state index in [9.17, 15) is 9.59 Å². The van der Waals surface area contributed by atoms with Crippen LogP contribution in [0.1, 0.15) is 60.5 Å². The zero-order valence-electron chi connectivity index (χ0n) is 18.5. The molecule has 0 saturated heterocycles. The molecule has 2 aromatic rings. The molecular weight excluding hydrogens is 398 g/mol. The van der Waals surface area contributed by atoms with Crippen molar-refractivity contribution in [1.82, 2.24) is 0 Å². The Labute approximate surface area is 182 Å². The predicted molar refractivity (Wildman–Crippen MR) is 121 cm³/mol. The van der Waals surface area contributed by atoms with E-state index in [4.69, 9.17) is 9.47 Å². The summed E-state index contributed by atoms with van der Waals surface area (Å²) in [6.07, 6.45) is 2.98. The first-order valence-electron chi connectivity index (χ1n) is 10.5. The van der Waals surface area contributed by atoms with Gasteiger partial charge in [0.25, 0.3) is 0 Å². The van der Waals surface area contributed by atoms with Gasteiger partial charge >= 0.3 is 5.97 Å². The molecule has 1 amide bonds. The van der Waals surface area contributed by atoms with E-state index in [2.05, 4.69) is 26.1 Å². The molecule has 30 heavy (non-hydrogen) atoms. The maximum absolute atomic E-state index is 12.8. The van der Waals surface area contributed by atoms with E-state index >= 15 is 0 Å². The Hall–Kier alpha value is -2.34. The van der Waals surface area contributed by atoms with Crippen LogP contribution in [-0.2, 0) is 28.8 Å². The number of nitrogens with one attached hydrogen (secondary N) is 1. The van der Waals surface area contributed by atoms with Crippen LogP contribution in [0.2, 0.25) is 0 Å². The van der Waals surface area contributed by atoms with Gasteiger partial charge in [-0.15, -0.1) is 11.3 Å². The monoisotopic (exact) mass is 429 g/mol. The average molecular weight is 430 g/mol. The van der Waals surface area contributed by atoms with Crippen molar-refractivity contribution in [2.45, 2.75) is 53.4 Å². The van der Waals surface area contributed by atoms with Gasteiger partial charge in [-0.1, -0.05) is 39.0 Å². The molecule has 1 heterocycles. The summed E-state index contributed by atoms with van der Waals surface area (Å²) in [6, 6.07) is 7.46. The lowest BCUT2D eigenvalue weighted by atomic mass is 9.72. The molecule has 1 aliphatic rings. The minimum absolute atomic E-state index is 0.170. The summed E-state index contributed by atoms with van der Waals surface area (Å²) < 4.78 is 10.7. The molecule has 0 bridgehead atoms. The van der Waals surface area contributed by atoms with Crippen molar-refractivity contribution >= 4 is 28.2 Å². The van der Waals surface area contributed by atoms with Crippen LogP contribution < -0.4 is 10.1 Å². The zero-order chi connectivity index (χ0) is 21.9. The number of hydrogen-bond acceptors (Lipinski definition) is 5. The minimum Gasteiger partial charge on any atom is -0.496 e. The highest BCUT2D eigenvalue weighted by Crippen LogP contribution is 2.44. The summed E-state index contributed by atoms with van der Waals surface area (Å²) >= 11 is 1.52. The molecule has 0 radical (unpaired) electrons. The van der Waals surface area contributed by atoms with Gasteiger partial charge in [-0.2, -0.15) is 0 Å². The lowest BCUT2D eigenvalue weighted by Gasteiger charge is -2.33. The smallest absolute Gasteiger partial charge is 0.341 e. The molecule has 0 fully saturated rings. The maximum Gasteiger partial charge on any atom is 0.341 e. The van der Waals surface area contributed by atoms with Crippen molar-refractivity contribution in [3.05, 3.63) is 45.8 Å². The molecule has 1 atom stereocenters. The van der Waals surface area contributed by atoms with Gasteiger partial charge in [0.2, 0.25) is 5.91 Å². The van der Waals surface area contributed by atoms with E-state index in [1.807, 2.05) is 24.3 Å². The molecule has 0 unspecified atom stereocenters. The van der Waals surface area contributed by atoms with Gasteiger partial charge in [0.05, 0.1) is 25.7 Å². The number of para-hydroxylation sites is 1. The SMILES string of the molecule is CCOC(=O)c1c(NC(=O)Cc2ccccc2OC)sc2c1CC[C@H](C(C)(C)C)C2. The average Bonchev–Trinajstić information content (AvgIpc) is 3.04. The van der Waals surface area contributed by atoms with E-state index in [-0.39, 0.29) is 23.7 Å². The number of anilines is 1. The van der Waals surface area contributed by atoms with E-state index in [0.717, 1.165) is 30.4 Å². The van der Waals surface area contributed by atoms with Gasteiger partial charge in [0.15, 0.2) is 0 Å². The quantitative estimate of drug-likeness (QED) is 0.636. The van der Waals surface area contributed by atoms with Crippen molar-refractivity contribution in [3.8, 4) is 5.75 Å². The van der Waals surface area contributed by atoms with Gasteiger partial charge in [0, 0.05) is 10.4 Å². The van der Waals surface area contributed by atoms with E-state index in [1.165, 1.54) is 16.2 Å². The number of esters is 1. The molecule has 1 aromatic carbocycles. The highest BCUT2D eigenvalue weighted by molar-refractivity contribution is 7.17. The first-order valence-corrected chi connectivity index (χ1v) is 11.3. The maximum atomic E-state index is 12.8. The lowest BCUT2D eigenvalue weighted by Crippen LogP contribution is -2.26. The van der Waals surface area contributed by atoms with Gasteiger partial charge in [0.1, 0.15) is 10.8 Å². The molecule has 5 nitrogen and oxygen atoms in total. The molecule has 162 valence electrons. The third-order valence-corrected chi connectivity index (χ3v) is 6.94. The molecule has 6 heteroatoms. The van der Waals surface area contributed by atoms with Crippen molar-refractivity contribution in [3.63, 3.8) is 0 Å². The Bertz CT molecular complexity index is 926. The second kappa shape index (κ2) is 9.21. The largest absolute Gasteiger partial charge is 0.496 e. The van der Waals surface area contributed by atoms with E-state index < -0.39 is 0 Å². The number of fused-ring (bicyclic) bond motifs is 1. The molecule has 1 aliphatic carbocycles. The Morgan fingerprint density at radius 3 is 2.63 bits per heavy atom. The molecule has 3 rings (SSSR count). The summed E-state index contributed by atoms with van der Waals surface area (Å²) in [5, 5.41) is 3.59. The summed E-state index contributed by atoms with van der Waals surface area (Å²) in [4.78, 5) is 26.7. The molecule has 0 saturated carbocycles. The fraction of sp³-hybridized carbons (Fsp3) is 0.500. The number of hydrogen-bond donors (Lipinski definition) is 1. The standard InChI is InChI=1S/C24H31NO4S/c1-6-29-23(27)21-17-12-11-16(24(2,3)4)14-19(17)30-22(21)25-20(26)13-15-9-7-8-10-18(15)28-5/h7-10,16H,6,11-14H2,1-5H3,(H,25,26)/t16-/m0/s1. The van der Waals surface area contributed by atoms with Gasteiger partial charge < -0.3 is 14.8 Å². The Morgan fingerprint density at radius 1 is 1.23 bits per heavy atom. The summed E-state index contributed by atoms with van der Waals surface area (Å²) in [6.45, 7) is 8.89. The molecular formula is C24H31NO4S. The van der Waals surface area contributed by atoms with Gasteiger partial charge in [-0.25, -0.2) is 4.79 Å². The minimum atomic E-state index is -0.350. The van der Waals surface area contributed by atoms with Crippen molar-refractivity contribution in [2.24, 2.45) is 11.3 Å². The fourth-order valence-corrected chi connectivity index (χ4v) is 5.36. The topological polar surface area (TPSA) is 64.6 Å². The summed E-state index contributed by atoms with van der Waals surface area (Å²) in [7, 11) is 1.59. The number of carbonyl (C=O) groups is 2. The number of carbonyl (C=O) groups excluding carboxylic acids is 2. The van der Waals surface area contributed by atoms with Crippen LogP contribution in [0.15, 0.2) is 24.3 Å².